The highest BCUT2D eigenvalue weighted by Gasteiger charge is 2.29. The van der Waals surface area contributed by atoms with Crippen molar-refractivity contribution in [2.75, 3.05) is 24.5 Å². The van der Waals surface area contributed by atoms with Gasteiger partial charge in [0.05, 0.1) is 16.1 Å². The van der Waals surface area contributed by atoms with Crippen LogP contribution < -0.4 is 4.90 Å². The number of hydrogen-bond donors (Lipinski definition) is 0. The molecule has 0 saturated carbocycles. The van der Waals surface area contributed by atoms with Crippen molar-refractivity contribution in [3.8, 4) is 6.07 Å². The number of amides is 1. The number of benzene rings is 1. The van der Waals surface area contributed by atoms with Gasteiger partial charge in [-0.3, -0.25) is 4.79 Å². The number of hydrogen-bond acceptors (Lipinski definition) is 4. The molecule has 1 aliphatic rings. The third-order valence-electron chi connectivity index (χ3n) is 4.78. The maximum atomic E-state index is 12.9. The summed E-state index contributed by atoms with van der Waals surface area (Å²) in [6, 6.07) is 11.7. The quantitative estimate of drug-likeness (QED) is 0.740. The molecule has 2 heterocycles. The zero-order valence-corrected chi connectivity index (χ0v) is 16.4. The summed E-state index contributed by atoms with van der Waals surface area (Å²) in [5.41, 5.74) is 1.54. The molecule has 1 aromatic heterocycles. The Balaban J connectivity index is 1.71. The second kappa shape index (κ2) is 8.57. The Morgan fingerprint density at radius 3 is 2.77 bits per heavy atom. The number of nitrogens with zero attached hydrogens (tertiary/aromatic N) is 3. The van der Waals surface area contributed by atoms with Crippen molar-refractivity contribution in [2.24, 2.45) is 0 Å². The predicted octanol–water partition coefficient (Wildman–Crippen LogP) is 4.79. The molecule has 136 valence electrons. The van der Waals surface area contributed by atoms with Crippen LogP contribution in [0.1, 0.15) is 41.4 Å². The minimum absolute atomic E-state index is 0.140. The lowest BCUT2D eigenvalue weighted by Crippen LogP contribution is -2.47. The fourth-order valence-electron chi connectivity index (χ4n) is 3.51. The van der Waals surface area contributed by atoms with Gasteiger partial charge < -0.3 is 9.80 Å². The van der Waals surface area contributed by atoms with E-state index in [0.717, 1.165) is 49.5 Å². The standard InChI is InChI=1S/C20H22ClN3OS/c1-2-9-24(20(25)19-4-3-12-26-19)17-7-10-23(11-8-17)18-13-16(21)6-5-15(18)14-22/h3-6,12-13,17H,2,7-11H2,1H3. The fourth-order valence-corrected chi connectivity index (χ4v) is 4.36. The van der Waals surface area contributed by atoms with Crippen molar-refractivity contribution in [3.63, 3.8) is 0 Å². The van der Waals surface area contributed by atoms with Gasteiger partial charge in [0.25, 0.3) is 5.91 Å². The van der Waals surface area contributed by atoms with Crippen LogP contribution in [0.5, 0.6) is 0 Å². The van der Waals surface area contributed by atoms with Crippen LogP contribution in [-0.2, 0) is 0 Å². The zero-order valence-electron chi connectivity index (χ0n) is 14.8. The van der Waals surface area contributed by atoms with Gasteiger partial charge in [0.15, 0.2) is 0 Å². The van der Waals surface area contributed by atoms with E-state index in [0.29, 0.717) is 10.6 Å². The smallest absolute Gasteiger partial charge is 0.264 e. The number of anilines is 1. The predicted molar refractivity (Wildman–Crippen MR) is 107 cm³/mol. The minimum atomic E-state index is 0.140. The van der Waals surface area contributed by atoms with Crippen LogP contribution in [0.3, 0.4) is 0 Å². The van der Waals surface area contributed by atoms with Gasteiger partial charge in [-0.2, -0.15) is 5.26 Å². The van der Waals surface area contributed by atoms with Gasteiger partial charge >= 0.3 is 0 Å². The molecule has 0 aliphatic carbocycles. The second-order valence-corrected chi connectivity index (χ2v) is 7.85. The number of carbonyl (C=O) groups excluding carboxylic acids is 1. The van der Waals surface area contributed by atoms with Crippen molar-refractivity contribution in [2.45, 2.75) is 32.2 Å². The number of rotatable bonds is 5. The zero-order chi connectivity index (χ0) is 18.5. The molecular weight excluding hydrogens is 366 g/mol. The molecule has 0 N–H and O–H groups in total. The maximum Gasteiger partial charge on any atom is 0.264 e. The van der Waals surface area contributed by atoms with Crippen molar-refractivity contribution in [1.29, 1.82) is 5.26 Å². The summed E-state index contributed by atoms with van der Waals surface area (Å²) in [5.74, 6) is 0.140. The van der Waals surface area contributed by atoms with E-state index in [1.807, 2.05) is 28.5 Å². The number of thiophene rings is 1. The Bertz CT molecular complexity index is 792. The molecule has 0 atom stereocenters. The highest BCUT2D eigenvalue weighted by atomic mass is 35.5. The molecule has 0 unspecified atom stereocenters. The highest BCUT2D eigenvalue weighted by Crippen LogP contribution is 2.29. The SMILES string of the molecule is CCCN(C(=O)c1cccs1)C1CCN(c2cc(Cl)ccc2C#N)CC1. The molecule has 6 heteroatoms. The Morgan fingerprint density at radius 1 is 1.38 bits per heavy atom. The Kier molecular flexibility index (Phi) is 6.18. The van der Waals surface area contributed by atoms with E-state index in [4.69, 9.17) is 11.6 Å². The summed E-state index contributed by atoms with van der Waals surface area (Å²) in [6.45, 7) is 4.52. The van der Waals surface area contributed by atoms with Crippen molar-refractivity contribution >= 4 is 34.5 Å². The topological polar surface area (TPSA) is 47.3 Å². The monoisotopic (exact) mass is 387 g/mol. The third-order valence-corrected chi connectivity index (χ3v) is 5.88. The average molecular weight is 388 g/mol. The Hall–Kier alpha value is -2.03. The molecule has 0 radical (unpaired) electrons. The molecule has 3 rings (SSSR count). The maximum absolute atomic E-state index is 12.9. The van der Waals surface area contributed by atoms with Crippen molar-refractivity contribution in [3.05, 3.63) is 51.2 Å². The lowest BCUT2D eigenvalue weighted by atomic mass is 10.0. The molecule has 1 aliphatic heterocycles. The van der Waals surface area contributed by atoms with E-state index in [9.17, 15) is 10.1 Å². The van der Waals surface area contributed by atoms with Gasteiger partial charge in [-0.15, -0.1) is 11.3 Å². The highest BCUT2D eigenvalue weighted by molar-refractivity contribution is 7.12. The molecule has 1 fully saturated rings. The van der Waals surface area contributed by atoms with Gasteiger partial charge in [0.2, 0.25) is 0 Å². The molecule has 0 bridgehead atoms. The van der Waals surface area contributed by atoms with Crippen LogP contribution in [0.15, 0.2) is 35.7 Å². The normalized spacial score (nSPS) is 14.9. The van der Waals surface area contributed by atoms with Crippen LogP contribution in [0, 0.1) is 11.3 Å². The molecule has 26 heavy (non-hydrogen) atoms. The summed E-state index contributed by atoms with van der Waals surface area (Å²) < 4.78 is 0. The van der Waals surface area contributed by atoms with E-state index in [-0.39, 0.29) is 11.9 Å². The third kappa shape index (κ3) is 4.03. The fraction of sp³-hybridized carbons (Fsp3) is 0.400. The number of carbonyl (C=O) groups is 1. The second-order valence-electron chi connectivity index (χ2n) is 6.47. The van der Waals surface area contributed by atoms with E-state index in [1.54, 1.807) is 12.1 Å². The van der Waals surface area contributed by atoms with Gasteiger partial charge in [0, 0.05) is 30.7 Å². The Labute approximate surface area is 163 Å². The first kappa shape index (κ1) is 18.8. The first-order valence-electron chi connectivity index (χ1n) is 8.93. The van der Waals surface area contributed by atoms with Crippen LogP contribution in [0.2, 0.25) is 5.02 Å². The van der Waals surface area contributed by atoms with Crippen molar-refractivity contribution < 1.29 is 4.79 Å². The van der Waals surface area contributed by atoms with Crippen molar-refractivity contribution in [1.82, 2.24) is 4.90 Å². The van der Waals surface area contributed by atoms with E-state index < -0.39 is 0 Å². The lowest BCUT2D eigenvalue weighted by molar-refractivity contribution is 0.0655. The van der Waals surface area contributed by atoms with Crippen LogP contribution in [0.25, 0.3) is 0 Å². The molecule has 0 spiro atoms. The van der Waals surface area contributed by atoms with Crippen LogP contribution >= 0.6 is 22.9 Å². The Morgan fingerprint density at radius 2 is 2.15 bits per heavy atom. The van der Waals surface area contributed by atoms with Crippen LogP contribution in [0.4, 0.5) is 5.69 Å². The number of halogens is 1. The summed E-state index contributed by atoms with van der Waals surface area (Å²) in [5, 5.41) is 11.9. The summed E-state index contributed by atoms with van der Waals surface area (Å²) in [6.07, 6.45) is 2.74. The minimum Gasteiger partial charge on any atom is -0.370 e. The molecule has 1 saturated heterocycles. The number of nitriles is 1. The van der Waals surface area contributed by atoms with Gasteiger partial charge in [-0.1, -0.05) is 24.6 Å². The molecular formula is C20H22ClN3OS. The molecule has 2 aromatic rings. The molecule has 1 aromatic carbocycles. The summed E-state index contributed by atoms with van der Waals surface area (Å²) in [7, 11) is 0. The summed E-state index contributed by atoms with van der Waals surface area (Å²) >= 11 is 7.63. The first-order chi connectivity index (χ1) is 12.6. The van der Waals surface area contributed by atoms with Crippen LogP contribution in [-0.4, -0.2) is 36.5 Å². The molecule has 4 nitrogen and oxygen atoms in total. The average Bonchev–Trinajstić information content (AvgIpc) is 3.20. The van der Waals surface area contributed by atoms with E-state index >= 15 is 0 Å². The van der Waals surface area contributed by atoms with Gasteiger partial charge in [-0.05, 0) is 48.9 Å². The largest absolute Gasteiger partial charge is 0.370 e. The molecule has 1 amide bonds. The van der Waals surface area contributed by atoms with Gasteiger partial charge in [-0.25, -0.2) is 0 Å². The van der Waals surface area contributed by atoms with Gasteiger partial charge in [0.1, 0.15) is 6.07 Å². The summed E-state index contributed by atoms with van der Waals surface area (Å²) in [4.78, 5) is 17.9. The van der Waals surface area contributed by atoms with E-state index in [1.165, 1.54) is 11.3 Å². The van der Waals surface area contributed by atoms with E-state index in [2.05, 4.69) is 17.9 Å². The first-order valence-corrected chi connectivity index (χ1v) is 10.2. The number of piperidine rings is 1. The lowest BCUT2D eigenvalue weighted by Gasteiger charge is -2.39.